The van der Waals surface area contributed by atoms with Crippen molar-refractivity contribution < 1.29 is 27.4 Å². The first-order chi connectivity index (χ1) is 10.4. The lowest BCUT2D eigenvalue weighted by Gasteiger charge is -2.19. The molecule has 1 aromatic carbocycles. The number of hydrogen-bond donors (Lipinski definition) is 1. The average Bonchev–Trinajstić information content (AvgIpc) is 3.05. The Morgan fingerprint density at radius 2 is 2.05 bits per heavy atom. The Hall–Kier alpha value is -1.92. The van der Waals surface area contributed by atoms with E-state index in [9.17, 15) is 18.0 Å². The van der Waals surface area contributed by atoms with Gasteiger partial charge in [0.25, 0.3) is 0 Å². The molecule has 22 heavy (non-hydrogen) atoms. The van der Waals surface area contributed by atoms with Gasteiger partial charge in [0.1, 0.15) is 11.5 Å². The minimum absolute atomic E-state index is 0.288. The summed E-state index contributed by atoms with van der Waals surface area (Å²) in [7, 11) is 0. The first kappa shape index (κ1) is 15.0. The summed E-state index contributed by atoms with van der Waals surface area (Å²) in [6.07, 6.45) is -3.10. The van der Waals surface area contributed by atoms with Crippen molar-refractivity contribution in [3.63, 3.8) is 0 Å². The first-order valence-electron chi connectivity index (χ1n) is 7.17. The largest absolute Gasteiger partial charge is 0.493 e. The van der Waals surface area contributed by atoms with Crippen LogP contribution >= 0.6 is 0 Å². The van der Waals surface area contributed by atoms with Crippen molar-refractivity contribution in [3.8, 4) is 11.5 Å². The van der Waals surface area contributed by atoms with Crippen LogP contribution in [-0.4, -0.2) is 31.3 Å². The maximum absolute atomic E-state index is 12.3. The van der Waals surface area contributed by atoms with E-state index in [2.05, 4.69) is 0 Å². The van der Waals surface area contributed by atoms with Crippen LogP contribution in [0, 0.1) is 0 Å². The Bertz CT molecular complexity index is 581. The molecule has 1 amide bonds. The monoisotopic (exact) mass is 315 g/mol. The lowest BCUT2D eigenvalue weighted by atomic mass is 9.95. The number of amides is 1. The maximum atomic E-state index is 12.3. The molecule has 1 N–H and O–H groups in total. The van der Waals surface area contributed by atoms with Crippen LogP contribution < -0.4 is 14.8 Å². The predicted molar refractivity (Wildman–Crippen MR) is 72.2 cm³/mol. The van der Waals surface area contributed by atoms with Gasteiger partial charge < -0.3 is 14.8 Å². The second-order valence-electron chi connectivity index (χ2n) is 5.59. The lowest BCUT2D eigenvalue weighted by Crippen LogP contribution is -2.42. The quantitative estimate of drug-likeness (QED) is 0.930. The molecule has 0 unspecified atom stereocenters. The third kappa shape index (κ3) is 2.71. The van der Waals surface area contributed by atoms with Gasteiger partial charge in [-0.25, -0.2) is 0 Å². The van der Waals surface area contributed by atoms with Crippen molar-refractivity contribution >= 4 is 5.91 Å². The molecule has 0 bridgehead atoms. The number of rotatable bonds is 3. The van der Waals surface area contributed by atoms with Crippen molar-refractivity contribution in [2.75, 3.05) is 13.2 Å². The van der Waals surface area contributed by atoms with Crippen LogP contribution in [0.4, 0.5) is 13.2 Å². The SMILES string of the molecule is C[C@H](Cc1c2c(cc3c1OCC3)OCC2)NC(=O)C(F)(F)F. The molecule has 2 heterocycles. The van der Waals surface area contributed by atoms with Crippen LogP contribution in [0.1, 0.15) is 23.6 Å². The smallest absolute Gasteiger partial charge is 0.471 e. The van der Waals surface area contributed by atoms with E-state index in [1.165, 1.54) is 0 Å². The Morgan fingerprint density at radius 3 is 2.77 bits per heavy atom. The van der Waals surface area contributed by atoms with Gasteiger partial charge in [-0.05, 0) is 19.4 Å². The summed E-state index contributed by atoms with van der Waals surface area (Å²) in [5, 5.41) is 1.99. The van der Waals surface area contributed by atoms with E-state index in [1.807, 2.05) is 11.4 Å². The second-order valence-corrected chi connectivity index (χ2v) is 5.59. The summed E-state index contributed by atoms with van der Waals surface area (Å²) in [6, 6.07) is 1.31. The summed E-state index contributed by atoms with van der Waals surface area (Å²) >= 11 is 0. The van der Waals surface area contributed by atoms with E-state index in [1.54, 1.807) is 6.92 Å². The van der Waals surface area contributed by atoms with E-state index in [-0.39, 0.29) is 6.42 Å². The fourth-order valence-electron chi connectivity index (χ4n) is 2.96. The Morgan fingerprint density at radius 1 is 1.32 bits per heavy atom. The third-order valence-electron chi connectivity index (χ3n) is 3.91. The molecule has 3 rings (SSSR count). The summed E-state index contributed by atoms with van der Waals surface area (Å²) in [5.41, 5.74) is 2.86. The van der Waals surface area contributed by atoms with E-state index >= 15 is 0 Å². The minimum Gasteiger partial charge on any atom is -0.493 e. The van der Waals surface area contributed by atoms with Crippen LogP contribution in [-0.2, 0) is 24.1 Å². The van der Waals surface area contributed by atoms with Gasteiger partial charge in [0, 0.05) is 35.6 Å². The summed E-state index contributed by atoms with van der Waals surface area (Å²) in [6.45, 7) is 2.68. The summed E-state index contributed by atoms with van der Waals surface area (Å²) < 4.78 is 48.2. The van der Waals surface area contributed by atoms with E-state index < -0.39 is 18.1 Å². The molecule has 4 nitrogen and oxygen atoms in total. The number of carbonyl (C=O) groups excluding carboxylic acids is 1. The van der Waals surface area contributed by atoms with E-state index in [0.29, 0.717) is 19.6 Å². The zero-order valence-electron chi connectivity index (χ0n) is 12.0. The standard InChI is InChI=1S/C15H16F3NO3/c1-8(19-14(20)15(16,17)18)6-11-10-3-5-21-12(10)7-9-2-4-22-13(9)11/h7-8H,2-6H2,1H3,(H,19,20)/t8-/m1/s1. The number of carbonyl (C=O) groups is 1. The van der Waals surface area contributed by atoms with Crippen molar-refractivity contribution in [2.24, 2.45) is 0 Å². The van der Waals surface area contributed by atoms with Crippen LogP contribution in [0.2, 0.25) is 0 Å². The molecule has 2 aliphatic rings. The van der Waals surface area contributed by atoms with Crippen molar-refractivity contribution in [2.45, 2.75) is 38.4 Å². The zero-order chi connectivity index (χ0) is 15.9. The van der Waals surface area contributed by atoms with Gasteiger partial charge in [-0.1, -0.05) is 0 Å². The molecule has 2 aliphatic heterocycles. The van der Waals surface area contributed by atoms with Crippen LogP contribution in [0.25, 0.3) is 0 Å². The minimum atomic E-state index is -4.87. The fraction of sp³-hybridized carbons (Fsp3) is 0.533. The molecule has 0 aliphatic carbocycles. The maximum Gasteiger partial charge on any atom is 0.471 e. The molecule has 0 saturated heterocycles. The number of hydrogen-bond acceptors (Lipinski definition) is 3. The number of benzene rings is 1. The third-order valence-corrected chi connectivity index (χ3v) is 3.91. The Labute approximate surface area is 125 Å². The van der Waals surface area contributed by atoms with E-state index in [0.717, 1.165) is 34.6 Å². The number of nitrogens with one attached hydrogen (secondary N) is 1. The Kier molecular flexibility index (Phi) is 3.66. The number of ether oxygens (including phenoxy) is 2. The van der Waals surface area contributed by atoms with Gasteiger partial charge >= 0.3 is 12.1 Å². The molecule has 7 heteroatoms. The average molecular weight is 315 g/mol. The zero-order valence-corrected chi connectivity index (χ0v) is 12.0. The van der Waals surface area contributed by atoms with Crippen molar-refractivity contribution in [3.05, 3.63) is 22.8 Å². The van der Waals surface area contributed by atoms with Crippen LogP contribution in [0.15, 0.2) is 6.07 Å². The molecule has 0 radical (unpaired) electrons. The van der Waals surface area contributed by atoms with Crippen LogP contribution in [0.5, 0.6) is 11.5 Å². The van der Waals surface area contributed by atoms with Gasteiger partial charge in [0.05, 0.1) is 13.2 Å². The van der Waals surface area contributed by atoms with Gasteiger partial charge in [0.15, 0.2) is 0 Å². The highest BCUT2D eigenvalue weighted by atomic mass is 19.4. The highest BCUT2D eigenvalue weighted by Gasteiger charge is 2.39. The molecule has 1 aromatic rings. The summed E-state index contributed by atoms with van der Waals surface area (Å²) in [5.74, 6) is -0.382. The molecule has 0 fully saturated rings. The van der Waals surface area contributed by atoms with Gasteiger partial charge in [-0.2, -0.15) is 13.2 Å². The van der Waals surface area contributed by atoms with Gasteiger partial charge in [-0.3, -0.25) is 4.79 Å². The van der Waals surface area contributed by atoms with Crippen molar-refractivity contribution in [1.82, 2.24) is 5.32 Å². The number of alkyl halides is 3. The fourth-order valence-corrected chi connectivity index (χ4v) is 2.96. The normalized spacial score (nSPS) is 17.3. The first-order valence-corrected chi connectivity index (χ1v) is 7.17. The predicted octanol–water partition coefficient (Wildman–Crippen LogP) is 2.17. The molecule has 1 atom stereocenters. The van der Waals surface area contributed by atoms with E-state index in [4.69, 9.17) is 9.47 Å². The van der Waals surface area contributed by atoms with Gasteiger partial charge in [-0.15, -0.1) is 0 Å². The molecular formula is C15H16F3NO3. The number of fused-ring (bicyclic) bond motifs is 2. The lowest BCUT2D eigenvalue weighted by molar-refractivity contribution is -0.174. The topological polar surface area (TPSA) is 47.6 Å². The Balaban J connectivity index is 1.82. The van der Waals surface area contributed by atoms with Crippen molar-refractivity contribution in [1.29, 1.82) is 0 Å². The highest BCUT2D eigenvalue weighted by Crippen LogP contribution is 2.41. The molecule has 0 spiro atoms. The molecule has 0 saturated carbocycles. The summed E-state index contributed by atoms with van der Waals surface area (Å²) in [4.78, 5) is 11.0. The molecule has 120 valence electrons. The second kappa shape index (κ2) is 5.37. The van der Waals surface area contributed by atoms with Crippen LogP contribution in [0.3, 0.4) is 0 Å². The molecular weight excluding hydrogens is 299 g/mol. The molecule has 0 aromatic heterocycles. The highest BCUT2D eigenvalue weighted by molar-refractivity contribution is 5.82. The number of halogens is 3. The van der Waals surface area contributed by atoms with Gasteiger partial charge in [0.2, 0.25) is 0 Å².